The third-order valence-electron chi connectivity index (χ3n) is 2.62. The highest BCUT2D eigenvalue weighted by molar-refractivity contribution is 5.87. The molecule has 0 fully saturated rings. The van der Waals surface area contributed by atoms with Gasteiger partial charge in [-0.3, -0.25) is 4.79 Å². The number of ether oxygens (including phenoxy) is 3. The van der Waals surface area contributed by atoms with E-state index >= 15 is 0 Å². The van der Waals surface area contributed by atoms with Gasteiger partial charge in [0.1, 0.15) is 11.5 Å². The van der Waals surface area contributed by atoms with Crippen molar-refractivity contribution in [2.45, 2.75) is 12.8 Å². The lowest BCUT2D eigenvalue weighted by atomic mass is 10.2. The molecule has 0 unspecified atom stereocenters. The molecule has 1 aromatic carbocycles. The summed E-state index contributed by atoms with van der Waals surface area (Å²) < 4.78 is 14.4. The van der Waals surface area contributed by atoms with Gasteiger partial charge in [0.15, 0.2) is 0 Å². The average Bonchev–Trinajstić information content (AvgIpc) is 2.49. The maximum absolute atomic E-state index is 11.0. The molecule has 1 N–H and O–H groups in total. The number of phenols is 1. The first-order chi connectivity index (χ1) is 10.1. The molecule has 0 saturated carbocycles. The summed E-state index contributed by atoms with van der Waals surface area (Å²) in [6, 6.07) is 4.72. The summed E-state index contributed by atoms with van der Waals surface area (Å²) in [7, 11) is 2.61. The fraction of sp³-hybridized carbons (Fsp3) is 0.333. The second kappa shape index (κ2) is 8.63. The number of aromatic hydroxyl groups is 1. The Morgan fingerprint density at radius 2 is 2.00 bits per heavy atom. The van der Waals surface area contributed by atoms with Crippen molar-refractivity contribution >= 4 is 18.0 Å². The van der Waals surface area contributed by atoms with Gasteiger partial charge in [-0.25, -0.2) is 4.79 Å². The van der Waals surface area contributed by atoms with Crippen molar-refractivity contribution in [3.05, 3.63) is 29.8 Å². The summed E-state index contributed by atoms with van der Waals surface area (Å²) >= 11 is 0. The monoisotopic (exact) mass is 294 g/mol. The number of benzene rings is 1. The largest absolute Gasteiger partial charge is 0.507 e. The van der Waals surface area contributed by atoms with Gasteiger partial charge in [0.2, 0.25) is 0 Å². The molecule has 1 rings (SSSR count). The molecule has 0 saturated heterocycles. The molecular weight excluding hydrogens is 276 g/mol. The maximum atomic E-state index is 11.0. The Labute approximate surface area is 122 Å². The van der Waals surface area contributed by atoms with Crippen LogP contribution in [0.2, 0.25) is 0 Å². The van der Waals surface area contributed by atoms with E-state index in [-0.39, 0.29) is 18.1 Å². The Hall–Kier alpha value is -2.50. The van der Waals surface area contributed by atoms with E-state index in [0.29, 0.717) is 24.3 Å². The van der Waals surface area contributed by atoms with Crippen LogP contribution in [0.5, 0.6) is 11.5 Å². The van der Waals surface area contributed by atoms with Crippen LogP contribution in [0.25, 0.3) is 6.08 Å². The molecule has 114 valence electrons. The molecule has 0 aromatic heterocycles. The summed E-state index contributed by atoms with van der Waals surface area (Å²) in [5, 5.41) is 9.80. The fourth-order valence-electron chi connectivity index (χ4n) is 1.49. The zero-order chi connectivity index (χ0) is 15.7. The normalized spacial score (nSPS) is 10.4. The van der Waals surface area contributed by atoms with Crippen LogP contribution < -0.4 is 4.74 Å². The van der Waals surface area contributed by atoms with Crippen LogP contribution in [-0.2, 0) is 19.1 Å². The number of hydrogen-bond acceptors (Lipinski definition) is 6. The van der Waals surface area contributed by atoms with Crippen molar-refractivity contribution in [3.63, 3.8) is 0 Å². The smallest absolute Gasteiger partial charge is 0.330 e. The van der Waals surface area contributed by atoms with Gasteiger partial charge >= 0.3 is 11.9 Å². The Morgan fingerprint density at radius 1 is 1.24 bits per heavy atom. The molecule has 0 aliphatic heterocycles. The van der Waals surface area contributed by atoms with E-state index in [0.717, 1.165) is 0 Å². The lowest BCUT2D eigenvalue weighted by Gasteiger charge is -2.07. The number of hydrogen-bond donors (Lipinski definition) is 1. The minimum absolute atomic E-state index is 0.0133. The summed E-state index contributed by atoms with van der Waals surface area (Å²) in [6.45, 7) is 0.339. The molecule has 0 amide bonds. The van der Waals surface area contributed by atoms with Crippen molar-refractivity contribution in [2.75, 3.05) is 20.8 Å². The molecule has 0 bridgehead atoms. The first-order valence-corrected chi connectivity index (χ1v) is 6.35. The lowest BCUT2D eigenvalue weighted by molar-refractivity contribution is -0.140. The van der Waals surface area contributed by atoms with Gasteiger partial charge in [-0.15, -0.1) is 0 Å². The molecule has 6 heteroatoms. The van der Waals surface area contributed by atoms with Crippen molar-refractivity contribution < 1.29 is 28.9 Å². The topological polar surface area (TPSA) is 82.1 Å². The van der Waals surface area contributed by atoms with E-state index in [1.54, 1.807) is 12.1 Å². The van der Waals surface area contributed by atoms with Crippen LogP contribution in [0.15, 0.2) is 24.3 Å². The molecule has 21 heavy (non-hydrogen) atoms. The van der Waals surface area contributed by atoms with E-state index < -0.39 is 5.97 Å². The number of esters is 2. The summed E-state index contributed by atoms with van der Waals surface area (Å²) in [4.78, 5) is 21.9. The van der Waals surface area contributed by atoms with Crippen LogP contribution in [0, 0.1) is 0 Å². The van der Waals surface area contributed by atoms with Gasteiger partial charge in [-0.2, -0.15) is 0 Å². The van der Waals surface area contributed by atoms with Crippen LogP contribution >= 0.6 is 0 Å². The minimum atomic E-state index is -0.502. The maximum Gasteiger partial charge on any atom is 0.330 e. The van der Waals surface area contributed by atoms with Crippen molar-refractivity contribution in [1.82, 2.24) is 0 Å². The summed E-state index contributed by atoms with van der Waals surface area (Å²) in [5.74, 6) is -0.324. The predicted octanol–water partition coefficient (Wildman–Crippen LogP) is 1.91. The second-order valence-corrected chi connectivity index (χ2v) is 4.11. The predicted molar refractivity (Wildman–Crippen MR) is 75.9 cm³/mol. The zero-order valence-electron chi connectivity index (χ0n) is 12.0. The second-order valence-electron chi connectivity index (χ2n) is 4.11. The first kappa shape index (κ1) is 16.6. The fourth-order valence-corrected chi connectivity index (χ4v) is 1.49. The Morgan fingerprint density at radius 3 is 2.62 bits per heavy atom. The SMILES string of the molecule is COC(=O)C=Cc1ccc(OCCCC(=O)OC)cc1O. The number of phenolic OH excluding ortho intramolecular Hbond substituents is 1. The van der Waals surface area contributed by atoms with Crippen molar-refractivity contribution in [1.29, 1.82) is 0 Å². The molecule has 0 atom stereocenters. The molecule has 0 aliphatic carbocycles. The molecule has 0 heterocycles. The lowest BCUT2D eigenvalue weighted by Crippen LogP contribution is -2.04. The number of carbonyl (C=O) groups excluding carboxylic acids is 2. The van der Waals surface area contributed by atoms with Gasteiger partial charge in [-0.05, 0) is 24.6 Å². The third-order valence-corrected chi connectivity index (χ3v) is 2.62. The van der Waals surface area contributed by atoms with Crippen LogP contribution in [0.3, 0.4) is 0 Å². The highest BCUT2D eigenvalue weighted by atomic mass is 16.5. The van der Waals surface area contributed by atoms with E-state index in [1.165, 1.54) is 32.4 Å². The van der Waals surface area contributed by atoms with E-state index in [2.05, 4.69) is 9.47 Å². The molecule has 0 spiro atoms. The van der Waals surface area contributed by atoms with Crippen LogP contribution in [0.4, 0.5) is 0 Å². The first-order valence-electron chi connectivity index (χ1n) is 6.35. The average molecular weight is 294 g/mol. The molecule has 1 aromatic rings. The van der Waals surface area contributed by atoms with E-state index in [4.69, 9.17) is 4.74 Å². The van der Waals surface area contributed by atoms with Crippen molar-refractivity contribution in [3.8, 4) is 11.5 Å². The molecule has 0 aliphatic rings. The quantitative estimate of drug-likeness (QED) is 0.470. The van der Waals surface area contributed by atoms with Crippen molar-refractivity contribution in [2.24, 2.45) is 0 Å². The molecule has 0 radical (unpaired) electrons. The Balaban J connectivity index is 2.52. The van der Waals surface area contributed by atoms with E-state index in [1.807, 2.05) is 0 Å². The molecule has 6 nitrogen and oxygen atoms in total. The van der Waals surface area contributed by atoms with Gasteiger partial charge in [0.05, 0.1) is 20.8 Å². The van der Waals surface area contributed by atoms with E-state index in [9.17, 15) is 14.7 Å². The highest BCUT2D eigenvalue weighted by Gasteiger charge is 2.03. The van der Waals surface area contributed by atoms with Gasteiger partial charge < -0.3 is 19.3 Å². The highest BCUT2D eigenvalue weighted by Crippen LogP contribution is 2.24. The summed E-state index contributed by atoms with van der Waals surface area (Å²) in [5.41, 5.74) is 0.474. The molecular formula is C15H18O6. The van der Waals surface area contributed by atoms with Gasteiger partial charge in [0, 0.05) is 24.1 Å². The number of methoxy groups -OCH3 is 2. The Kier molecular flexibility index (Phi) is 6.80. The summed E-state index contributed by atoms with van der Waals surface area (Å²) in [6.07, 6.45) is 3.47. The van der Waals surface area contributed by atoms with Crippen LogP contribution in [0.1, 0.15) is 18.4 Å². The minimum Gasteiger partial charge on any atom is -0.507 e. The number of rotatable bonds is 7. The third kappa shape index (κ3) is 5.99. The number of carbonyl (C=O) groups is 2. The Bertz CT molecular complexity index is 521. The van der Waals surface area contributed by atoms with Gasteiger partial charge in [0.25, 0.3) is 0 Å². The zero-order valence-corrected chi connectivity index (χ0v) is 12.0. The standard InChI is InChI=1S/C15H18O6/c1-19-14(17)4-3-9-21-12-7-5-11(13(16)10-12)6-8-15(18)20-2/h5-8,10,16H,3-4,9H2,1-2H3. The van der Waals surface area contributed by atoms with Crippen LogP contribution in [-0.4, -0.2) is 37.9 Å². The van der Waals surface area contributed by atoms with Gasteiger partial charge in [-0.1, -0.05) is 0 Å².